The van der Waals surface area contributed by atoms with Crippen molar-refractivity contribution in [1.29, 1.82) is 0 Å². The highest BCUT2D eigenvalue weighted by molar-refractivity contribution is 7.16. The van der Waals surface area contributed by atoms with Crippen molar-refractivity contribution >= 4 is 27.5 Å². The largest absolute Gasteiger partial charge is 0.497 e. The van der Waals surface area contributed by atoms with Gasteiger partial charge in [-0.1, -0.05) is 17.4 Å². The summed E-state index contributed by atoms with van der Waals surface area (Å²) in [5.41, 5.74) is 3.84. The number of carbonyl (C=O) groups is 1. The maximum absolute atomic E-state index is 12.7. The summed E-state index contributed by atoms with van der Waals surface area (Å²) in [6, 6.07) is 9.35. The number of rotatable bonds is 3. The molecular weight excluding hydrogens is 336 g/mol. The van der Waals surface area contributed by atoms with Crippen LogP contribution in [0.15, 0.2) is 35.3 Å². The van der Waals surface area contributed by atoms with Crippen molar-refractivity contribution in [2.45, 2.75) is 13.8 Å². The first-order valence-electron chi connectivity index (χ1n) is 7.82. The van der Waals surface area contributed by atoms with Crippen molar-refractivity contribution in [3.8, 4) is 11.5 Å². The zero-order chi connectivity index (χ0) is 18.1. The number of fused-ring (bicyclic) bond motifs is 1. The van der Waals surface area contributed by atoms with Gasteiger partial charge in [-0.2, -0.15) is 4.99 Å². The van der Waals surface area contributed by atoms with E-state index in [9.17, 15) is 4.79 Å². The molecule has 0 aliphatic rings. The lowest BCUT2D eigenvalue weighted by Crippen LogP contribution is -2.14. The molecule has 5 nitrogen and oxygen atoms in total. The fraction of sp³-hybridized carbons (Fsp3) is 0.263. The van der Waals surface area contributed by atoms with Crippen molar-refractivity contribution in [3.63, 3.8) is 0 Å². The van der Waals surface area contributed by atoms with Crippen molar-refractivity contribution < 1.29 is 14.3 Å². The molecule has 0 atom stereocenters. The molecule has 0 spiro atoms. The van der Waals surface area contributed by atoms with Gasteiger partial charge >= 0.3 is 0 Å². The Balaban J connectivity index is 2.16. The highest BCUT2D eigenvalue weighted by Crippen LogP contribution is 2.25. The van der Waals surface area contributed by atoms with Gasteiger partial charge in [0.2, 0.25) is 0 Å². The van der Waals surface area contributed by atoms with Crippen LogP contribution < -0.4 is 14.3 Å². The number of methoxy groups -OCH3 is 2. The van der Waals surface area contributed by atoms with Crippen LogP contribution in [0.4, 0.5) is 0 Å². The average molecular weight is 356 g/mol. The van der Waals surface area contributed by atoms with Crippen molar-refractivity contribution in [1.82, 2.24) is 4.57 Å². The van der Waals surface area contributed by atoms with Gasteiger partial charge in [-0.05, 0) is 49.2 Å². The van der Waals surface area contributed by atoms with E-state index in [-0.39, 0.29) is 5.91 Å². The van der Waals surface area contributed by atoms with Crippen LogP contribution >= 0.6 is 11.3 Å². The number of amides is 1. The minimum Gasteiger partial charge on any atom is -0.497 e. The van der Waals surface area contributed by atoms with Crippen molar-refractivity contribution in [2.24, 2.45) is 12.0 Å². The molecule has 0 bridgehead atoms. The van der Waals surface area contributed by atoms with E-state index in [1.807, 2.05) is 11.6 Å². The minimum absolute atomic E-state index is 0.354. The van der Waals surface area contributed by atoms with Gasteiger partial charge in [-0.15, -0.1) is 0 Å². The first-order valence-corrected chi connectivity index (χ1v) is 8.64. The molecule has 6 heteroatoms. The molecule has 1 amide bonds. The Morgan fingerprint density at radius 2 is 1.88 bits per heavy atom. The maximum atomic E-state index is 12.7. The van der Waals surface area contributed by atoms with Gasteiger partial charge < -0.3 is 14.0 Å². The summed E-state index contributed by atoms with van der Waals surface area (Å²) in [4.78, 5) is 17.7. The normalized spacial score (nSPS) is 11.8. The summed E-state index contributed by atoms with van der Waals surface area (Å²) in [6.45, 7) is 4.13. The van der Waals surface area contributed by atoms with Crippen LogP contribution in [-0.4, -0.2) is 24.7 Å². The number of nitrogens with zero attached hydrogens (tertiary/aromatic N) is 2. The molecule has 0 fully saturated rings. The van der Waals surface area contributed by atoms with E-state index in [2.05, 4.69) is 31.0 Å². The smallest absolute Gasteiger partial charge is 0.283 e. The van der Waals surface area contributed by atoms with Crippen LogP contribution in [0.25, 0.3) is 10.2 Å². The number of aromatic nitrogens is 1. The lowest BCUT2D eigenvalue weighted by Gasteiger charge is -2.07. The Morgan fingerprint density at radius 3 is 2.56 bits per heavy atom. The second kappa shape index (κ2) is 6.72. The third kappa shape index (κ3) is 3.17. The Hall–Kier alpha value is -2.60. The first-order chi connectivity index (χ1) is 11.9. The van der Waals surface area contributed by atoms with E-state index in [1.165, 1.54) is 29.6 Å². The quantitative estimate of drug-likeness (QED) is 0.720. The SMILES string of the molecule is COc1ccc(OC)c(C(=O)N=c2sc3cc(C)cc(C)c3n2C)c1. The number of thiazole rings is 1. The summed E-state index contributed by atoms with van der Waals surface area (Å²) >= 11 is 1.50. The predicted molar refractivity (Wildman–Crippen MR) is 99.7 cm³/mol. The first kappa shape index (κ1) is 17.2. The van der Waals surface area contributed by atoms with Gasteiger partial charge in [0, 0.05) is 7.05 Å². The standard InChI is InChI=1S/C19H20N2O3S/c1-11-8-12(2)17-16(9-11)25-19(21(17)3)20-18(22)14-10-13(23-4)6-7-15(14)24-5/h6-10H,1-5H3. The average Bonchev–Trinajstić information content (AvgIpc) is 2.89. The number of benzene rings is 2. The molecule has 0 unspecified atom stereocenters. The van der Waals surface area contributed by atoms with Crippen LogP contribution in [0, 0.1) is 13.8 Å². The van der Waals surface area contributed by atoms with Gasteiger partial charge in [0.15, 0.2) is 4.80 Å². The monoisotopic (exact) mass is 356 g/mol. The fourth-order valence-corrected chi connectivity index (χ4v) is 4.11. The van der Waals surface area contributed by atoms with Gasteiger partial charge in [0.1, 0.15) is 11.5 Å². The van der Waals surface area contributed by atoms with E-state index >= 15 is 0 Å². The van der Waals surface area contributed by atoms with Crippen LogP contribution in [0.2, 0.25) is 0 Å². The molecule has 3 rings (SSSR count). The Kier molecular flexibility index (Phi) is 4.63. The summed E-state index contributed by atoms with van der Waals surface area (Å²) in [5.74, 6) is 0.712. The molecule has 0 aliphatic carbocycles. The van der Waals surface area contributed by atoms with Gasteiger partial charge in [0.05, 0.1) is 30.0 Å². The van der Waals surface area contributed by atoms with E-state index in [4.69, 9.17) is 9.47 Å². The van der Waals surface area contributed by atoms with Gasteiger partial charge in [0.25, 0.3) is 5.91 Å². The Morgan fingerprint density at radius 1 is 1.12 bits per heavy atom. The number of aryl methyl sites for hydroxylation is 3. The molecule has 0 radical (unpaired) electrons. The molecule has 0 saturated carbocycles. The maximum Gasteiger partial charge on any atom is 0.283 e. The molecule has 2 aromatic carbocycles. The molecule has 130 valence electrons. The summed E-state index contributed by atoms with van der Waals surface area (Å²) in [7, 11) is 5.02. The van der Waals surface area contributed by atoms with Gasteiger partial charge in [-0.3, -0.25) is 4.79 Å². The third-order valence-corrected chi connectivity index (χ3v) is 5.15. The summed E-state index contributed by atoms with van der Waals surface area (Å²) in [5, 5.41) is 0. The zero-order valence-corrected chi connectivity index (χ0v) is 15.7. The molecule has 0 aliphatic heterocycles. The summed E-state index contributed by atoms with van der Waals surface area (Å²) in [6.07, 6.45) is 0. The Bertz CT molecular complexity index is 1030. The predicted octanol–water partition coefficient (Wildman–Crippen LogP) is 3.61. The van der Waals surface area contributed by atoms with Crippen LogP contribution in [0.5, 0.6) is 11.5 Å². The van der Waals surface area contributed by atoms with E-state index in [1.54, 1.807) is 25.3 Å². The van der Waals surface area contributed by atoms with E-state index in [0.29, 0.717) is 21.9 Å². The topological polar surface area (TPSA) is 52.8 Å². The molecule has 0 saturated heterocycles. The third-order valence-electron chi connectivity index (χ3n) is 4.07. The van der Waals surface area contributed by atoms with Crippen molar-refractivity contribution in [3.05, 3.63) is 51.8 Å². The fourth-order valence-electron chi connectivity index (χ4n) is 2.92. The second-order valence-electron chi connectivity index (χ2n) is 5.86. The van der Waals surface area contributed by atoms with Crippen molar-refractivity contribution in [2.75, 3.05) is 14.2 Å². The highest BCUT2D eigenvalue weighted by atomic mass is 32.1. The number of hydrogen-bond donors (Lipinski definition) is 0. The number of carbonyl (C=O) groups excluding carboxylic acids is 1. The molecule has 3 aromatic rings. The second-order valence-corrected chi connectivity index (χ2v) is 6.86. The van der Waals surface area contributed by atoms with E-state index in [0.717, 1.165) is 10.2 Å². The lowest BCUT2D eigenvalue weighted by atomic mass is 10.1. The molecule has 1 heterocycles. The lowest BCUT2D eigenvalue weighted by molar-refractivity contribution is 0.0994. The molecule has 25 heavy (non-hydrogen) atoms. The summed E-state index contributed by atoms with van der Waals surface area (Å²) < 4.78 is 13.6. The van der Waals surface area contributed by atoms with Crippen LogP contribution in [0.1, 0.15) is 21.5 Å². The van der Waals surface area contributed by atoms with Gasteiger partial charge in [-0.25, -0.2) is 0 Å². The highest BCUT2D eigenvalue weighted by Gasteiger charge is 2.14. The minimum atomic E-state index is -0.354. The molecule has 1 aromatic heterocycles. The van der Waals surface area contributed by atoms with E-state index < -0.39 is 0 Å². The Labute approximate surface area is 150 Å². The zero-order valence-electron chi connectivity index (χ0n) is 14.9. The molecule has 0 N–H and O–H groups in total. The number of hydrogen-bond acceptors (Lipinski definition) is 4. The number of ether oxygens (including phenoxy) is 2. The van der Waals surface area contributed by atoms with Crippen LogP contribution in [0.3, 0.4) is 0 Å². The molecular formula is C19H20N2O3S. The van der Waals surface area contributed by atoms with Crippen LogP contribution in [-0.2, 0) is 7.05 Å².